The number of fused-ring (bicyclic) bond motifs is 2. The smallest absolute Gasteiger partial charge is 0.235 e. The van der Waals surface area contributed by atoms with Crippen LogP contribution in [0.5, 0.6) is 5.75 Å². The number of rotatable bonds is 2. The van der Waals surface area contributed by atoms with Crippen LogP contribution in [-0.2, 0) is 19.4 Å². The van der Waals surface area contributed by atoms with Gasteiger partial charge < -0.3 is 9.47 Å². The summed E-state index contributed by atoms with van der Waals surface area (Å²) in [5, 5.41) is 0. The van der Waals surface area contributed by atoms with Gasteiger partial charge in [-0.25, -0.2) is 13.4 Å². The molecule has 0 aromatic heterocycles. The Morgan fingerprint density at radius 2 is 1.91 bits per heavy atom. The molecule has 1 aromatic carbocycles. The molecule has 0 unspecified atom stereocenters. The van der Waals surface area contributed by atoms with Gasteiger partial charge in [-0.2, -0.15) is 0 Å². The van der Waals surface area contributed by atoms with Crippen molar-refractivity contribution in [3.8, 4) is 5.75 Å². The van der Waals surface area contributed by atoms with Gasteiger partial charge in [0.2, 0.25) is 15.6 Å². The number of hydrogen-bond donors (Lipinski definition) is 0. The number of nitrogens with zero attached hydrogens (tertiary/aromatic N) is 1. The van der Waals surface area contributed by atoms with E-state index in [-0.39, 0.29) is 25.8 Å². The molecule has 1 aliphatic carbocycles. The number of hydrogen-bond acceptors (Lipinski definition) is 6. The first kappa shape index (κ1) is 15.0. The normalized spacial score (nSPS) is 19.0. The summed E-state index contributed by atoms with van der Waals surface area (Å²) in [6.07, 6.45) is 1.33. The Balaban J connectivity index is 2.35. The lowest BCUT2D eigenvalue weighted by atomic mass is 10.1. The molecular formula is C14H10BrNO5S. The zero-order valence-electron chi connectivity index (χ0n) is 11.6. The minimum absolute atomic E-state index is 0.00427. The summed E-state index contributed by atoms with van der Waals surface area (Å²) in [4.78, 5) is 16.2. The van der Waals surface area contributed by atoms with E-state index in [9.17, 15) is 13.2 Å². The van der Waals surface area contributed by atoms with Crippen molar-refractivity contribution < 1.29 is 22.7 Å². The van der Waals surface area contributed by atoms with Gasteiger partial charge in [0.05, 0.1) is 30.1 Å². The molecule has 2 aliphatic rings. The number of ether oxygens (including phenoxy) is 2. The average Bonchev–Trinajstić information content (AvgIpc) is 2.50. The number of sulfone groups is 1. The Morgan fingerprint density at radius 1 is 1.18 bits per heavy atom. The summed E-state index contributed by atoms with van der Waals surface area (Å²) < 4.78 is 35.6. The van der Waals surface area contributed by atoms with Crippen molar-refractivity contribution >= 4 is 42.9 Å². The van der Waals surface area contributed by atoms with Crippen molar-refractivity contribution in [3.63, 3.8) is 0 Å². The predicted molar refractivity (Wildman–Crippen MR) is 83.3 cm³/mol. The molecule has 0 fully saturated rings. The highest BCUT2D eigenvalue weighted by Crippen LogP contribution is 2.41. The van der Waals surface area contributed by atoms with E-state index >= 15 is 0 Å². The predicted octanol–water partition coefficient (Wildman–Crippen LogP) is 2.27. The minimum atomic E-state index is -3.89. The first-order chi connectivity index (χ1) is 10.4. The molecule has 1 aromatic rings. The topological polar surface area (TPSA) is 82.0 Å². The molecule has 0 atom stereocenters. The highest BCUT2D eigenvalue weighted by atomic mass is 79.9. The van der Waals surface area contributed by atoms with E-state index in [1.165, 1.54) is 26.4 Å². The van der Waals surface area contributed by atoms with Gasteiger partial charge in [0.15, 0.2) is 5.76 Å². The standard InChI is InChI=1S/C14H10BrNO5S/c1-20-7-3-4-8-11(5-7)22(18,19)14-9(16-8)6-10(21-2)13(17)12(14)15/h3-6H,1-2H3. The summed E-state index contributed by atoms with van der Waals surface area (Å²) in [5.74, 6) is -0.110. The summed E-state index contributed by atoms with van der Waals surface area (Å²) in [6, 6.07) is 4.56. The highest BCUT2D eigenvalue weighted by Gasteiger charge is 2.39. The van der Waals surface area contributed by atoms with E-state index in [0.717, 1.165) is 0 Å². The highest BCUT2D eigenvalue weighted by molar-refractivity contribution is 9.12. The maximum absolute atomic E-state index is 12.8. The molecule has 8 heteroatoms. The molecule has 0 bridgehead atoms. The first-order valence-corrected chi connectivity index (χ1v) is 8.40. The van der Waals surface area contributed by atoms with Crippen molar-refractivity contribution in [2.45, 2.75) is 4.90 Å². The summed E-state index contributed by atoms with van der Waals surface area (Å²) in [6.45, 7) is 0. The van der Waals surface area contributed by atoms with Crippen molar-refractivity contribution in [1.29, 1.82) is 0 Å². The number of carbonyl (C=O) groups excluding carboxylic acids is 1. The van der Waals surface area contributed by atoms with E-state index in [2.05, 4.69) is 20.9 Å². The van der Waals surface area contributed by atoms with Crippen LogP contribution in [0.25, 0.3) is 0 Å². The molecule has 0 N–H and O–H groups in total. The first-order valence-electron chi connectivity index (χ1n) is 6.12. The summed E-state index contributed by atoms with van der Waals surface area (Å²) in [7, 11) is -1.11. The molecule has 0 radical (unpaired) electrons. The fraction of sp³-hybridized carbons (Fsp3) is 0.143. The fourth-order valence-electron chi connectivity index (χ4n) is 2.24. The van der Waals surface area contributed by atoms with Crippen molar-refractivity contribution in [1.82, 2.24) is 0 Å². The number of ketones is 1. The number of halogens is 1. The molecule has 1 heterocycles. The third-order valence-electron chi connectivity index (χ3n) is 3.31. The van der Waals surface area contributed by atoms with Crippen molar-refractivity contribution in [2.75, 3.05) is 14.2 Å². The molecule has 114 valence electrons. The number of benzene rings is 1. The largest absolute Gasteiger partial charge is 0.497 e. The van der Waals surface area contributed by atoms with Gasteiger partial charge in [-0.05, 0) is 28.1 Å². The molecule has 0 spiro atoms. The second kappa shape index (κ2) is 5.06. The number of carbonyl (C=O) groups is 1. The Hall–Kier alpha value is -1.93. The van der Waals surface area contributed by atoms with Gasteiger partial charge in [0.1, 0.15) is 15.6 Å². The Bertz CT molecular complexity index is 896. The monoisotopic (exact) mass is 383 g/mol. The molecule has 0 saturated heterocycles. The minimum Gasteiger partial charge on any atom is -0.497 e. The molecule has 0 saturated carbocycles. The van der Waals surface area contributed by atoms with Crippen LogP contribution in [0.15, 0.2) is 49.3 Å². The number of methoxy groups -OCH3 is 2. The van der Waals surface area contributed by atoms with Crippen LogP contribution >= 0.6 is 15.9 Å². The average molecular weight is 384 g/mol. The van der Waals surface area contributed by atoms with Crippen LogP contribution in [0.4, 0.5) is 5.69 Å². The zero-order valence-corrected chi connectivity index (χ0v) is 14.0. The van der Waals surface area contributed by atoms with Gasteiger partial charge in [0.25, 0.3) is 0 Å². The quantitative estimate of drug-likeness (QED) is 0.731. The van der Waals surface area contributed by atoms with E-state index in [4.69, 9.17) is 9.47 Å². The van der Waals surface area contributed by atoms with E-state index < -0.39 is 15.6 Å². The Morgan fingerprint density at radius 3 is 2.55 bits per heavy atom. The van der Waals surface area contributed by atoms with Crippen LogP contribution in [0.2, 0.25) is 0 Å². The number of aliphatic imine (C=N–C) groups is 1. The summed E-state index contributed by atoms with van der Waals surface area (Å²) in [5.41, 5.74) is 0.460. The Kier molecular flexibility index (Phi) is 3.45. The maximum Gasteiger partial charge on any atom is 0.235 e. The van der Waals surface area contributed by atoms with E-state index in [1.807, 2.05) is 0 Å². The molecule has 0 amide bonds. The molecular weight excluding hydrogens is 374 g/mol. The van der Waals surface area contributed by atoms with Gasteiger partial charge in [-0.3, -0.25) is 4.79 Å². The third kappa shape index (κ3) is 2.02. The Labute approximate surface area is 135 Å². The van der Waals surface area contributed by atoms with Gasteiger partial charge in [-0.15, -0.1) is 0 Å². The second-order valence-corrected chi connectivity index (χ2v) is 7.17. The molecule has 3 rings (SSSR count). The number of Topliss-reactive ketones (excluding diaryl/α,β-unsaturated/α-hetero) is 1. The molecule has 6 nitrogen and oxygen atoms in total. The lowest BCUT2D eigenvalue weighted by molar-refractivity contribution is -0.114. The van der Waals surface area contributed by atoms with Crippen LogP contribution in [0.3, 0.4) is 0 Å². The van der Waals surface area contributed by atoms with Crippen molar-refractivity contribution in [3.05, 3.63) is 39.4 Å². The van der Waals surface area contributed by atoms with Crippen LogP contribution in [0, 0.1) is 0 Å². The lowest BCUT2D eigenvalue weighted by Crippen LogP contribution is -2.25. The second-order valence-electron chi connectivity index (χ2n) is 4.52. The maximum atomic E-state index is 12.8. The zero-order chi connectivity index (χ0) is 16.1. The van der Waals surface area contributed by atoms with E-state index in [0.29, 0.717) is 11.4 Å². The van der Waals surface area contributed by atoms with Crippen LogP contribution in [-0.4, -0.2) is 34.1 Å². The molecule has 22 heavy (non-hydrogen) atoms. The van der Waals surface area contributed by atoms with Crippen molar-refractivity contribution in [2.24, 2.45) is 4.99 Å². The molecule has 1 aliphatic heterocycles. The van der Waals surface area contributed by atoms with Gasteiger partial charge in [-0.1, -0.05) is 0 Å². The van der Waals surface area contributed by atoms with Crippen LogP contribution < -0.4 is 4.74 Å². The number of allylic oxidation sites excluding steroid dienone is 3. The van der Waals surface area contributed by atoms with E-state index in [1.54, 1.807) is 12.1 Å². The third-order valence-corrected chi connectivity index (χ3v) is 6.18. The summed E-state index contributed by atoms with van der Waals surface area (Å²) >= 11 is 3.06. The van der Waals surface area contributed by atoms with Crippen LogP contribution in [0.1, 0.15) is 0 Å². The van der Waals surface area contributed by atoms with Gasteiger partial charge in [0, 0.05) is 12.1 Å². The van der Waals surface area contributed by atoms with Gasteiger partial charge >= 0.3 is 0 Å². The lowest BCUT2D eigenvalue weighted by Gasteiger charge is -2.22. The SMILES string of the molecule is COC1=CC2=Nc3ccc(OC)cc3S(=O)(=O)C2=C(Br)C1=O. The fourth-order valence-corrected chi connectivity index (χ4v) is 4.86.